The van der Waals surface area contributed by atoms with Crippen LogP contribution in [0.5, 0.6) is 5.88 Å². The van der Waals surface area contributed by atoms with Gasteiger partial charge >= 0.3 is 0 Å². The van der Waals surface area contributed by atoms with Gasteiger partial charge in [-0.3, -0.25) is 9.69 Å². The minimum absolute atomic E-state index is 0.131. The number of ether oxygens (including phenoxy) is 1. The van der Waals surface area contributed by atoms with E-state index in [1.165, 1.54) is 6.92 Å². The van der Waals surface area contributed by atoms with Gasteiger partial charge in [-0.1, -0.05) is 65.3 Å². The van der Waals surface area contributed by atoms with Crippen molar-refractivity contribution in [1.29, 1.82) is 0 Å². The normalized spacial score (nSPS) is 15.2. The summed E-state index contributed by atoms with van der Waals surface area (Å²) in [6.45, 7) is 7.84. The van der Waals surface area contributed by atoms with Gasteiger partial charge in [0.1, 0.15) is 0 Å². The highest BCUT2D eigenvalue weighted by Gasteiger charge is 2.34. The van der Waals surface area contributed by atoms with E-state index in [0.717, 1.165) is 32.6 Å². The van der Waals surface area contributed by atoms with Crippen molar-refractivity contribution in [2.45, 2.75) is 39.1 Å². The van der Waals surface area contributed by atoms with Gasteiger partial charge in [0.05, 0.1) is 5.69 Å². The molecular weight excluding hydrogens is 476 g/mol. The molecule has 0 spiro atoms. The van der Waals surface area contributed by atoms with E-state index in [9.17, 15) is 4.79 Å². The summed E-state index contributed by atoms with van der Waals surface area (Å²) in [7, 11) is 0. The van der Waals surface area contributed by atoms with Crippen molar-refractivity contribution in [3.05, 3.63) is 58.1 Å². The van der Waals surface area contributed by atoms with Gasteiger partial charge in [0.25, 0.3) is 0 Å². The summed E-state index contributed by atoms with van der Waals surface area (Å²) in [6, 6.07) is 13.6. The minimum atomic E-state index is -0.673. The summed E-state index contributed by atoms with van der Waals surface area (Å²) < 4.78 is 7.34. The van der Waals surface area contributed by atoms with Gasteiger partial charge in [-0.15, -0.1) is 10.2 Å². The zero-order valence-corrected chi connectivity index (χ0v) is 20.2. The summed E-state index contributed by atoms with van der Waals surface area (Å²) in [5.74, 6) is 1.63. The maximum atomic E-state index is 12.8. The first-order valence-corrected chi connectivity index (χ1v) is 11.8. The molecular formula is C23H23BrN4O2S. The summed E-state index contributed by atoms with van der Waals surface area (Å²) in [5.41, 5.74) is 3.94. The van der Waals surface area contributed by atoms with Crippen molar-refractivity contribution < 1.29 is 9.53 Å². The number of rotatable bonds is 4. The Hall–Kier alpha value is -2.45. The Labute approximate surface area is 194 Å². The number of anilines is 1. The van der Waals surface area contributed by atoms with Crippen LogP contribution in [0.25, 0.3) is 11.3 Å². The quantitative estimate of drug-likeness (QED) is 0.423. The van der Waals surface area contributed by atoms with E-state index in [1.807, 2.05) is 49.4 Å². The molecule has 0 fully saturated rings. The SMILES string of the molecule is CC(=O)N1c2ccc(C)cc2-c2nnc(SCC(C)C)nc2OC1c1ccc(Br)cc1. The Bertz CT molecular complexity index is 1120. The lowest BCUT2D eigenvalue weighted by atomic mass is 10.0. The number of benzene rings is 2. The zero-order chi connectivity index (χ0) is 22.1. The number of thioether (sulfide) groups is 1. The Kier molecular flexibility index (Phi) is 6.29. The maximum absolute atomic E-state index is 12.8. The molecule has 6 nitrogen and oxygen atoms in total. The summed E-state index contributed by atoms with van der Waals surface area (Å²) in [5, 5.41) is 9.36. The molecule has 4 rings (SSSR count). The van der Waals surface area contributed by atoms with Crippen LogP contribution >= 0.6 is 27.7 Å². The third-order valence-electron chi connectivity index (χ3n) is 4.80. The topological polar surface area (TPSA) is 68.2 Å². The van der Waals surface area contributed by atoms with Crippen LogP contribution in [0.1, 0.15) is 38.1 Å². The van der Waals surface area contributed by atoms with Gasteiger partial charge in [-0.05, 0) is 37.1 Å². The van der Waals surface area contributed by atoms with Crippen LogP contribution in [0.15, 0.2) is 52.1 Å². The molecule has 160 valence electrons. The van der Waals surface area contributed by atoms with Gasteiger partial charge in [-0.25, -0.2) is 0 Å². The molecule has 1 amide bonds. The molecule has 0 aliphatic carbocycles. The van der Waals surface area contributed by atoms with E-state index in [-0.39, 0.29) is 5.91 Å². The molecule has 8 heteroatoms. The molecule has 0 radical (unpaired) electrons. The molecule has 1 aromatic heterocycles. The molecule has 2 aromatic carbocycles. The van der Waals surface area contributed by atoms with E-state index in [2.05, 4.69) is 45.0 Å². The number of halogens is 1. The van der Waals surface area contributed by atoms with Gasteiger partial charge < -0.3 is 4.74 Å². The highest BCUT2D eigenvalue weighted by Crippen LogP contribution is 2.44. The van der Waals surface area contributed by atoms with E-state index >= 15 is 0 Å². The summed E-state index contributed by atoms with van der Waals surface area (Å²) in [6.07, 6.45) is -0.673. The van der Waals surface area contributed by atoms with Crippen LogP contribution in [0.4, 0.5) is 5.69 Å². The van der Waals surface area contributed by atoms with Crippen molar-refractivity contribution in [1.82, 2.24) is 15.2 Å². The molecule has 1 atom stereocenters. The van der Waals surface area contributed by atoms with Crippen LogP contribution in [0.3, 0.4) is 0 Å². The van der Waals surface area contributed by atoms with Gasteiger partial charge in [0, 0.05) is 28.3 Å². The molecule has 1 aliphatic rings. The lowest BCUT2D eigenvalue weighted by Gasteiger charge is -2.30. The van der Waals surface area contributed by atoms with Crippen molar-refractivity contribution in [2.24, 2.45) is 5.92 Å². The largest absolute Gasteiger partial charge is 0.447 e. The first kappa shape index (κ1) is 21.8. The first-order valence-electron chi connectivity index (χ1n) is 10.0. The lowest BCUT2D eigenvalue weighted by Crippen LogP contribution is -2.36. The van der Waals surface area contributed by atoms with Crippen molar-refractivity contribution >= 4 is 39.3 Å². The van der Waals surface area contributed by atoms with E-state index < -0.39 is 6.23 Å². The number of fused-ring (bicyclic) bond motifs is 3. The zero-order valence-electron chi connectivity index (χ0n) is 17.8. The molecule has 3 aromatic rings. The predicted molar refractivity (Wildman–Crippen MR) is 126 cm³/mol. The van der Waals surface area contributed by atoms with Crippen LogP contribution in [0.2, 0.25) is 0 Å². The molecule has 0 saturated carbocycles. The average Bonchev–Trinajstić information content (AvgIpc) is 2.86. The second-order valence-electron chi connectivity index (χ2n) is 7.88. The van der Waals surface area contributed by atoms with Crippen molar-refractivity contribution in [3.63, 3.8) is 0 Å². The second-order valence-corrected chi connectivity index (χ2v) is 9.79. The predicted octanol–water partition coefficient (Wildman–Crippen LogP) is 5.80. The Morgan fingerprint density at radius 1 is 1.19 bits per heavy atom. The maximum Gasteiger partial charge on any atom is 0.247 e. The highest BCUT2D eigenvalue weighted by atomic mass is 79.9. The lowest BCUT2D eigenvalue weighted by molar-refractivity contribution is -0.118. The first-order chi connectivity index (χ1) is 14.8. The summed E-state index contributed by atoms with van der Waals surface area (Å²) in [4.78, 5) is 19.2. The number of aryl methyl sites for hydroxylation is 1. The Balaban J connectivity index is 1.89. The Morgan fingerprint density at radius 3 is 2.61 bits per heavy atom. The van der Waals surface area contributed by atoms with Crippen LogP contribution in [-0.2, 0) is 4.79 Å². The average molecular weight is 499 g/mol. The number of nitrogens with zero attached hydrogens (tertiary/aromatic N) is 4. The molecule has 0 bridgehead atoms. The molecule has 0 saturated heterocycles. The van der Waals surface area contributed by atoms with Gasteiger partial charge in [0.2, 0.25) is 23.2 Å². The Morgan fingerprint density at radius 2 is 1.94 bits per heavy atom. The van der Waals surface area contributed by atoms with Gasteiger partial charge in [-0.2, -0.15) is 4.98 Å². The number of aromatic nitrogens is 3. The van der Waals surface area contributed by atoms with E-state index in [0.29, 0.717) is 22.6 Å². The number of hydrogen-bond acceptors (Lipinski definition) is 6. The smallest absolute Gasteiger partial charge is 0.247 e. The standard InChI is InChI=1S/C23H23BrN4O2S/c1-13(2)12-31-23-25-21-20(26-27-23)18-11-14(3)5-10-19(18)28(15(4)29)22(30-21)16-6-8-17(24)9-7-16/h5-11,13,22H,12H2,1-4H3. The molecule has 1 unspecified atom stereocenters. The third-order valence-corrected chi connectivity index (χ3v) is 6.59. The van der Waals surface area contributed by atoms with Crippen LogP contribution in [0, 0.1) is 12.8 Å². The highest BCUT2D eigenvalue weighted by molar-refractivity contribution is 9.10. The molecule has 31 heavy (non-hydrogen) atoms. The fourth-order valence-corrected chi connectivity index (χ4v) is 4.36. The van der Waals surface area contributed by atoms with Gasteiger partial charge in [0.15, 0.2) is 5.69 Å². The molecule has 2 heterocycles. The van der Waals surface area contributed by atoms with E-state index in [1.54, 1.807) is 16.7 Å². The number of carbonyl (C=O) groups excluding carboxylic acids is 1. The van der Waals surface area contributed by atoms with E-state index in [4.69, 9.17) is 4.74 Å². The molecule has 0 N–H and O–H groups in total. The fraction of sp³-hybridized carbons (Fsp3) is 0.304. The number of hydrogen-bond donors (Lipinski definition) is 0. The third kappa shape index (κ3) is 4.60. The monoisotopic (exact) mass is 498 g/mol. The minimum Gasteiger partial charge on any atom is -0.447 e. The number of amides is 1. The fourth-order valence-electron chi connectivity index (χ4n) is 3.36. The number of carbonyl (C=O) groups is 1. The van der Waals surface area contributed by atoms with Crippen molar-refractivity contribution in [2.75, 3.05) is 10.7 Å². The second kappa shape index (κ2) is 8.96. The summed E-state index contributed by atoms with van der Waals surface area (Å²) >= 11 is 5.02. The van der Waals surface area contributed by atoms with Crippen molar-refractivity contribution in [3.8, 4) is 17.1 Å². The van der Waals surface area contributed by atoms with Crippen LogP contribution < -0.4 is 9.64 Å². The molecule has 1 aliphatic heterocycles. The van der Waals surface area contributed by atoms with Crippen LogP contribution in [-0.4, -0.2) is 26.8 Å².